The fraction of sp³-hybridized carbons (Fsp3) is 0.348. The molecule has 6 heteroatoms. The van der Waals surface area contributed by atoms with Crippen molar-refractivity contribution in [2.75, 3.05) is 19.8 Å². The summed E-state index contributed by atoms with van der Waals surface area (Å²) < 4.78 is 11.3. The van der Waals surface area contributed by atoms with Crippen LogP contribution in [0, 0.1) is 0 Å². The number of nitrogens with one attached hydrogen (secondary N) is 1. The summed E-state index contributed by atoms with van der Waals surface area (Å²) in [6.45, 7) is 1.98. The fourth-order valence-corrected chi connectivity index (χ4v) is 2.88. The molecule has 152 valence electrons. The minimum absolute atomic E-state index is 0.0390. The number of rotatable bonds is 12. The second-order valence-electron chi connectivity index (χ2n) is 6.77. The molecule has 3 rings (SSSR count). The van der Waals surface area contributed by atoms with Crippen LogP contribution in [0.1, 0.15) is 30.7 Å². The number of carbonyl (C=O) groups excluding carboxylic acids is 1. The van der Waals surface area contributed by atoms with E-state index < -0.39 is 0 Å². The van der Waals surface area contributed by atoms with E-state index in [9.17, 15) is 4.79 Å². The van der Waals surface area contributed by atoms with E-state index in [1.54, 1.807) is 0 Å². The molecule has 0 aliphatic rings. The van der Waals surface area contributed by atoms with Crippen molar-refractivity contribution in [1.82, 2.24) is 15.5 Å². The number of hydrogen-bond acceptors (Lipinski definition) is 5. The minimum atomic E-state index is 0.0390. The largest absolute Gasteiger partial charge is 0.421 e. The predicted molar refractivity (Wildman–Crippen MR) is 111 cm³/mol. The van der Waals surface area contributed by atoms with Gasteiger partial charge in [-0.05, 0) is 37.0 Å². The highest BCUT2D eigenvalue weighted by molar-refractivity contribution is 5.75. The molecule has 1 heterocycles. The van der Waals surface area contributed by atoms with Crippen molar-refractivity contribution < 1.29 is 13.9 Å². The highest BCUT2D eigenvalue weighted by Crippen LogP contribution is 2.17. The monoisotopic (exact) mass is 393 g/mol. The standard InChI is InChI=1S/C23H27N3O3/c27-21(24-16-8-17-28-18-15-19-9-3-1-4-10-19)13-7-14-22-25-26-23(29-22)20-11-5-2-6-12-20/h1-6,9-12H,7-8,13-18H2,(H,24,27). The van der Waals surface area contributed by atoms with Crippen molar-refractivity contribution in [3.05, 3.63) is 72.1 Å². The molecule has 0 atom stereocenters. The summed E-state index contributed by atoms with van der Waals surface area (Å²) in [4.78, 5) is 11.9. The van der Waals surface area contributed by atoms with Gasteiger partial charge in [0, 0.05) is 31.6 Å². The van der Waals surface area contributed by atoms with Crippen molar-refractivity contribution in [2.45, 2.75) is 32.1 Å². The molecular weight excluding hydrogens is 366 g/mol. The van der Waals surface area contributed by atoms with E-state index in [0.717, 1.165) is 18.4 Å². The first-order valence-corrected chi connectivity index (χ1v) is 10.1. The summed E-state index contributed by atoms with van der Waals surface area (Å²) in [5.41, 5.74) is 2.17. The van der Waals surface area contributed by atoms with E-state index in [0.29, 0.717) is 50.8 Å². The summed E-state index contributed by atoms with van der Waals surface area (Å²) in [6, 6.07) is 19.9. The number of carbonyl (C=O) groups is 1. The van der Waals surface area contributed by atoms with Crippen LogP contribution in [0.25, 0.3) is 11.5 Å². The van der Waals surface area contributed by atoms with E-state index >= 15 is 0 Å². The van der Waals surface area contributed by atoms with Gasteiger partial charge in [0.15, 0.2) is 0 Å². The highest BCUT2D eigenvalue weighted by Gasteiger charge is 2.09. The Morgan fingerprint density at radius 2 is 1.66 bits per heavy atom. The number of hydrogen-bond donors (Lipinski definition) is 1. The van der Waals surface area contributed by atoms with Crippen LogP contribution in [0.5, 0.6) is 0 Å². The van der Waals surface area contributed by atoms with Crippen molar-refractivity contribution in [3.8, 4) is 11.5 Å². The van der Waals surface area contributed by atoms with Gasteiger partial charge >= 0.3 is 0 Å². The van der Waals surface area contributed by atoms with Crippen LogP contribution in [0.4, 0.5) is 0 Å². The third-order valence-corrected chi connectivity index (χ3v) is 4.45. The second kappa shape index (κ2) is 11.8. The molecule has 0 saturated heterocycles. The normalized spacial score (nSPS) is 10.8. The van der Waals surface area contributed by atoms with Gasteiger partial charge in [-0.15, -0.1) is 10.2 Å². The van der Waals surface area contributed by atoms with Gasteiger partial charge in [-0.1, -0.05) is 48.5 Å². The molecule has 1 N–H and O–H groups in total. The first-order valence-electron chi connectivity index (χ1n) is 10.1. The van der Waals surface area contributed by atoms with Crippen LogP contribution in [0.3, 0.4) is 0 Å². The summed E-state index contributed by atoms with van der Waals surface area (Å²) in [5, 5.41) is 11.0. The fourth-order valence-electron chi connectivity index (χ4n) is 2.88. The molecule has 1 aromatic heterocycles. The highest BCUT2D eigenvalue weighted by atomic mass is 16.5. The Kier molecular flexibility index (Phi) is 8.41. The smallest absolute Gasteiger partial charge is 0.247 e. The van der Waals surface area contributed by atoms with Crippen molar-refractivity contribution >= 4 is 5.91 Å². The minimum Gasteiger partial charge on any atom is -0.421 e. The van der Waals surface area contributed by atoms with Gasteiger partial charge in [0.25, 0.3) is 0 Å². The van der Waals surface area contributed by atoms with E-state index in [1.165, 1.54) is 5.56 Å². The number of amides is 1. The average Bonchev–Trinajstić information content (AvgIpc) is 3.23. The van der Waals surface area contributed by atoms with Crippen molar-refractivity contribution in [1.29, 1.82) is 0 Å². The van der Waals surface area contributed by atoms with Gasteiger partial charge in [0.2, 0.25) is 17.7 Å². The maximum Gasteiger partial charge on any atom is 0.247 e. The molecule has 0 saturated carbocycles. The zero-order valence-corrected chi connectivity index (χ0v) is 16.5. The van der Waals surface area contributed by atoms with Crippen LogP contribution in [-0.2, 0) is 22.4 Å². The Balaban J connectivity index is 1.21. The van der Waals surface area contributed by atoms with Gasteiger partial charge in [0.05, 0.1) is 6.61 Å². The number of aryl methyl sites for hydroxylation is 1. The van der Waals surface area contributed by atoms with Gasteiger partial charge < -0.3 is 14.5 Å². The molecule has 0 aliphatic heterocycles. The topological polar surface area (TPSA) is 77.2 Å². The molecule has 0 unspecified atom stereocenters. The molecule has 2 aromatic carbocycles. The summed E-state index contributed by atoms with van der Waals surface area (Å²) in [6.07, 6.45) is 3.43. The van der Waals surface area contributed by atoms with E-state index in [-0.39, 0.29) is 5.91 Å². The van der Waals surface area contributed by atoms with Crippen LogP contribution in [0.2, 0.25) is 0 Å². The number of benzene rings is 2. The van der Waals surface area contributed by atoms with E-state index in [4.69, 9.17) is 9.15 Å². The molecular formula is C23H27N3O3. The van der Waals surface area contributed by atoms with Crippen molar-refractivity contribution in [3.63, 3.8) is 0 Å². The Bertz CT molecular complexity index is 850. The van der Waals surface area contributed by atoms with Gasteiger partial charge in [0.1, 0.15) is 0 Å². The Labute approximate surface area is 171 Å². The molecule has 0 spiro atoms. The van der Waals surface area contributed by atoms with Gasteiger partial charge in [-0.25, -0.2) is 0 Å². The van der Waals surface area contributed by atoms with Crippen LogP contribution in [-0.4, -0.2) is 35.9 Å². The van der Waals surface area contributed by atoms with E-state index in [1.807, 2.05) is 48.5 Å². The third-order valence-electron chi connectivity index (χ3n) is 4.45. The van der Waals surface area contributed by atoms with Crippen LogP contribution >= 0.6 is 0 Å². The molecule has 6 nitrogen and oxygen atoms in total. The summed E-state index contributed by atoms with van der Waals surface area (Å²) >= 11 is 0. The first kappa shape index (κ1) is 20.7. The molecule has 0 bridgehead atoms. The number of nitrogens with zero attached hydrogens (tertiary/aromatic N) is 2. The first-order chi connectivity index (χ1) is 14.3. The SMILES string of the molecule is O=C(CCCc1nnc(-c2ccccc2)o1)NCCCOCCc1ccccc1. The zero-order valence-electron chi connectivity index (χ0n) is 16.5. The summed E-state index contributed by atoms with van der Waals surface area (Å²) in [5.74, 6) is 1.11. The Morgan fingerprint density at radius 1 is 0.897 bits per heavy atom. The quantitative estimate of drug-likeness (QED) is 0.473. The summed E-state index contributed by atoms with van der Waals surface area (Å²) in [7, 11) is 0. The molecule has 29 heavy (non-hydrogen) atoms. The Hall–Kier alpha value is -2.99. The second-order valence-corrected chi connectivity index (χ2v) is 6.77. The van der Waals surface area contributed by atoms with Gasteiger partial charge in [-0.3, -0.25) is 4.79 Å². The average molecular weight is 393 g/mol. The van der Waals surface area contributed by atoms with Crippen LogP contribution < -0.4 is 5.32 Å². The maximum absolute atomic E-state index is 11.9. The maximum atomic E-state index is 11.9. The Morgan fingerprint density at radius 3 is 2.45 bits per heavy atom. The predicted octanol–water partition coefficient (Wildman–Crippen LogP) is 3.82. The lowest BCUT2D eigenvalue weighted by atomic mass is 10.2. The van der Waals surface area contributed by atoms with Crippen molar-refractivity contribution in [2.24, 2.45) is 0 Å². The molecule has 3 aromatic rings. The van der Waals surface area contributed by atoms with Crippen LogP contribution in [0.15, 0.2) is 65.1 Å². The number of aromatic nitrogens is 2. The third kappa shape index (κ3) is 7.50. The van der Waals surface area contributed by atoms with Gasteiger partial charge in [-0.2, -0.15) is 0 Å². The van der Waals surface area contributed by atoms with E-state index in [2.05, 4.69) is 27.6 Å². The molecule has 0 fully saturated rings. The zero-order chi connectivity index (χ0) is 20.2. The molecule has 0 aliphatic carbocycles. The lowest BCUT2D eigenvalue weighted by Crippen LogP contribution is -2.25. The lowest BCUT2D eigenvalue weighted by molar-refractivity contribution is -0.121. The molecule has 1 amide bonds. The lowest BCUT2D eigenvalue weighted by Gasteiger charge is -2.06. The molecule has 0 radical (unpaired) electrons. The number of ether oxygens (including phenoxy) is 1.